The van der Waals surface area contributed by atoms with Gasteiger partial charge in [-0.15, -0.1) is 0 Å². The Morgan fingerprint density at radius 3 is 2.69 bits per heavy atom. The highest BCUT2D eigenvalue weighted by Gasteiger charge is 2.39. The Hall–Kier alpha value is -3.21. The number of amides is 3. The molecule has 39 heavy (non-hydrogen) atoms. The number of carbonyl (C=O) groups is 3. The van der Waals surface area contributed by atoms with E-state index < -0.39 is 11.6 Å². The summed E-state index contributed by atoms with van der Waals surface area (Å²) in [7, 11) is 0. The average molecular weight is 555 g/mol. The quantitative estimate of drug-likeness (QED) is 0.430. The molecule has 0 unspecified atom stereocenters. The van der Waals surface area contributed by atoms with E-state index in [1.165, 1.54) is 0 Å². The third-order valence-electron chi connectivity index (χ3n) is 7.60. The Morgan fingerprint density at radius 1 is 1.18 bits per heavy atom. The van der Waals surface area contributed by atoms with Crippen LogP contribution < -0.4 is 10.6 Å². The lowest BCUT2D eigenvalue weighted by molar-refractivity contribution is -0.151. The number of halogens is 1. The summed E-state index contributed by atoms with van der Waals surface area (Å²) in [6.45, 7) is 8.15. The van der Waals surface area contributed by atoms with Crippen molar-refractivity contribution in [2.75, 3.05) is 44.6 Å². The molecule has 5 rings (SSSR count). The van der Waals surface area contributed by atoms with Crippen LogP contribution >= 0.6 is 11.6 Å². The third-order valence-corrected chi connectivity index (χ3v) is 7.82. The molecule has 2 saturated heterocycles. The topological polar surface area (TPSA) is 120 Å². The van der Waals surface area contributed by atoms with Gasteiger partial charge in [-0.1, -0.05) is 11.6 Å². The van der Waals surface area contributed by atoms with E-state index in [9.17, 15) is 14.4 Å². The molecule has 2 aromatic heterocycles. The number of nitrogens with zero attached hydrogens (tertiary/aromatic N) is 3. The van der Waals surface area contributed by atoms with Crippen LogP contribution in [-0.4, -0.2) is 88.5 Å². The summed E-state index contributed by atoms with van der Waals surface area (Å²) in [6, 6.07) is 4.82. The Kier molecular flexibility index (Phi) is 7.80. The number of nitrogens with one attached hydrogen (secondary N) is 3. The maximum atomic E-state index is 13.6. The molecule has 1 aromatic carbocycles. The fourth-order valence-electron chi connectivity index (χ4n) is 5.58. The van der Waals surface area contributed by atoms with Crippen molar-refractivity contribution in [2.24, 2.45) is 5.92 Å². The molecule has 0 radical (unpaired) electrons. The zero-order valence-corrected chi connectivity index (χ0v) is 23.3. The minimum absolute atomic E-state index is 0.0480. The van der Waals surface area contributed by atoms with Crippen LogP contribution in [0, 0.1) is 5.92 Å². The van der Waals surface area contributed by atoms with Crippen LogP contribution in [0.15, 0.2) is 30.6 Å². The molecule has 208 valence electrons. The van der Waals surface area contributed by atoms with Crippen LogP contribution in [0.4, 0.5) is 5.69 Å². The molecule has 3 amide bonds. The molecular formula is C28H35ClN6O4. The lowest BCUT2D eigenvalue weighted by Gasteiger charge is -2.43. The van der Waals surface area contributed by atoms with Crippen molar-refractivity contribution < 1.29 is 19.1 Å². The van der Waals surface area contributed by atoms with E-state index in [4.69, 9.17) is 16.3 Å². The number of morpholine rings is 1. The number of ether oxygens (including phenoxy) is 1. The van der Waals surface area contributed by atoms with Gasteiger partial charge in [0, 0.05) is 54.1 Å². The summed E-state index contributed by atoms with van der Waals surface area (Å²) in [5, 5.41) is 8.25. The van der Waals surface area contributed by atoms with Gasteiger partial charge in [-0.3, -0.25) is 24.3 Å². The van der Waals surface area contributed by atoms with Gasteiger partial charge in [-0.2, -0.15) is 0 Å². The fraction of sp³-hybridized carbons (Fsp3) is 0.500. The number of benzene rings is 1. The van der Waals surface area contributed by atoms with Crippen LogP contribution in [0.25, 0.3) is 21.8 Å². The number of aromatic nitrogens is 2. The lowest BCUT2D eigenvalue weighted by atomic mass is 9.95. The number of H-pyrrole nitrogens is 1. The number of rotatable bonds is 6. The molecule has 3 aromatic rings. The smallest absolute Gasteiger partial charge is 0.244 e. The molecule has 0 bridgehead atoms. The van der Waals surface area contributed by atoms with Crippen molar-refractivity contribution in [2.45, 2.75) is 45.3 Å². The second-order valence-corrected chi connectivity index (χ2v) is 11.4. The monoisotopic (exact) mass is 554 g/mol. The van der Waals surface area contributed by atoms with Gasteiger partial charge in [0.25, 0.3) is 0 Å². The predicted octanol–water partition coefficient (Wildman–Crippen LogP) is 3.16. The highest BCUT2D eigenvalue weighted by Crippen LogP contribution is 2.33. The molecule has 4 heterocycles. The third kappa shape index (κ3) is 5.88. The zero-order chi connectivity index (χ0) is 27.7. The molecule has 3 N–H and O–H groups in total. The van der Waals surface area contributed by atoms with Gasteiger partial charge in [-0.25, -0.2) is 0 Å². The van der Waals surface area contributed by atoms with Crippen LogP contribution in [0.2, 0.25) is 5.02 Å². The fourth-order valence-corrected chi connectivity index (χ4v) is 5.80. The number of piperidine rings is 1. The van der Waals surface area contributed by atoms with Crippen molar-refractivity contribution >= 4 is 56.8 Å². The maximum Gasteiger partial charge on any atom is 0.244 e. The second kappa shape index (κ2) is 11.1. The highest BCUT2D eigenvalue weighted by atomic mass is 35.5. The highest BCUT2D eigenvalue weighted by molar-refractivity contribution is 6.33. The first-order valence-corrected chi connectivity index (χ1v) is 13.8. The van der Waals surface area contributed by atoms with Gasteiger partial charge in [0.1, 0.15) is 6.04 Å². The molecule has 11 heteroatoms. The number of carbonyl (C=O) groups excluding carboxylic acids is 3. The minimum atomic E-state index is -0.657. The minimum Gasteiger partial charge on any atom is -0.372 e. The van der Waals surface area contributed by atoms with Gasteiger partial charge in [0.05, 0.1) is 41.7 Å². The number of aromatic amines is 1. The number of likely N-dealkylation sites (tertiary alicyclic amines) is 1. The first kappa shape index (κ1) is 27.4. The molecule has 1 atom stereocenters. The molecule has 10 nitrogen and oxygen atoms in total. The SMILES string of the molecule is CCNC(=O)C1CCN(C(=O)CN2CC(C)(C)OC[C@H]2C(=O)Nc2cc(Cl)cc3c2[nH]c2cnccc23)CC1. The van der Waals surface area contributed by atoms with Crippen LogP contribution in [0.3, 0.4) is 0 Å². The Balaban J connectivity index is 1.31. The maximum absolute atomic E-state index is 13.6. The van der Waals surface area contributed by atoms with Crippen molar-refractivity contribution in [3.05, 3.63) is 35.6 Å². The van der Waals surface area contributed by atoms with E-state index in [0.29, 0.717) is 49.7 Å². The zero-order valence-electron chi connectivity index (χ0n) is 22.6. The molecule has 0 spiro atoms. The van der Waals surface area contributed by atoms with E-state index in [1.54, 1.807) is 23.4 Å². The largest absolute Gasteiger partial charge is 0.372 e. The Morgan fingerprint density at radius 2 is 1.95 bits per heavy atom. The van der Waals surface area contributed by atoms with Crippen LogP contribution in [0.5, 0.6) is 0 Å². The van der Waals surface area contributed by atoms with Crippen LogP contribution in [0.1, 0.15) is 33.6 Å². The van der Waals surface area contributed by atoms with Crippen molar-refractivity contribution in [1.29, 1.82) is 0 Å². The summed E-state index contributed by atoms with van der Waals surface area (Å²) >= 11 is 6.43. The number of anilines is 1. The second-order valence-electron chi connectivity index (χ2n) is 11.0. The van der Waals surface area contributed by atoms with E-state index >= 15 is 0 Å². The molecule has 2 fully saturated rings. The first-order chi connectivity index (χ1) is 18.6. The number of pyridine rings is 1. The van der Waals surface area contributed by atoms with Crippen molar-refractivity contribution in [3.63, 3.8) is 0 Å². The summed E-state index contributed by atoms with van der Waals surface area (Å²) < 4.78 is 6.00. The summed E-state index contributed by atoms with van der Waals surface area (Å²) in [6.07, 6.45) is 4.73. The van der Waals surface area contributed by atoms with Gasteiger partial charge in [0.15, 0.2) is 0 Å². The molecule has 0 saturated carbocycles. The van der Waals surface area contributed by atoms with E-state index in [0.717, 1.165) is 21.8 Å². The Labute approximate surface area is 232 Å². The van der Waals surface area contributed by atoms with Crippen LogP contribution in [-0.2, 0) is 19.1 Å². The predicted molar refractivity (Wildman–Crippen MR) is 151 cm³/mol. The van der Waals surface area contributed by atoms with E-state index in [1.807, 2.05) is 37.8 Å². The first-order valence-electron chi connectivity index (χ1n) is 13.4. The van der Waals surface area contributed by atoms with E-state index in [-0.39, 0.29) is 36.8 Å². The summed E-state index contributed by atoms with van der Waals surface area (Å²) in [4.78, 5) is 50.3. The summed E-state index contributed by atoms with van der Waals surface area (Å²) in [5.41, 5.74) is 1.65. The van der Waals surface area contributed by atoms with Gasteiger partial charge < -0.3 is 25.3 Å². The number of hydrogen-bond donors (Lipinski definition) is 3. The number of fused-ring (bicyclic) bond motifs is 3. The normalized spacial score (nSPS) is 20.3. The Bertz CT molecular complexity index is 1400. The van der Waals surface area contributed by atoms with E-state index in [2.05, 4.69) is 20.6 Å². The molecular weight excluding hydrogens is 520 g/mol. The summed E-state index contributed by atoms with van der Waals surface area (Å²) in [5.74, 6) is -0.330. The van der Waals surface area contributed by atoms with Gasteiger partial charge >= 0.3 is 0 Å². The lowest BCUT2D eigenvalue weighted by Crippen LogP contribution is -2.60. The van der Waals surface area contributed by atoms with Gasteiger partial charge in [-0.05, 0) is 51.8 Å². The standard InChI is InChI=1S/C28H35ClN6O4/c1-4-31-26(37)17-6-9-34(10-7-17)24(36)14-35-16-28(2,3)39-15-23(35)27(38)33-21-12-18(29)11-20-19-5-8-30-13-22(19)32-25(20)21/h5,8,11-13,17,23,32H,4,6-7,9-10,14-16H2,1-3H3,(H,31,37)(H,33,38)/t23-/m0/s1. The molecule has 2 aliphatic rings. The number of hydrogen-bond acceptors (Lipinski definition) is 6. The average Bonchev–Trinajstić information content (AvgIpc) is 3.27. The molecule has 0 aliphatic carbocycles. The van der Waals surface area contributed by atoms with Crippen molar-refractivity contribution in [1.82, 2.24) is 25.1 Å². The van der Waals surface area contributed by atoms with Gasteiger partial charge in [0.2, 0.25) is 17.7 Å². The van der Waals surface area contributed by atoms with Crippen molar-refractivity contribution in [3.8, 4) is 0 Å². The molecule has 2 aliphatic heterocycles.